The smallest absolute Gasteiger partial charge is 0.407 e. The molecule has 4 rings (SSSR count). The van der Waals surface area contributed by atoms with Gasteiger partial charge >= 0.3 is 6.09 Å². The summed E-state index contributed by atoms with van der Waals surface area (Å²) in [6.07, 6.45) is 1.90. The molecule has 168 valence electrons. The normalized spacial score (nSPS) is 27.7. The molecule has 2 amide bonds. The predicted molar refractivity (Wildman–Crippen MR) is 117 cm³/mol. The summed E-state index contributed by atoms with van der Waals surface area (Å²) in [6.45, 7) is 3.90. The van der Waals surface area contributed by atoms with Gasteiger partial charge in [0.2, 0.25) is 5.91 Å². The predicted octanol–water partition coefficient (Wildman–Crippen LogP) is 2.98. The molecular weight excluding hydrogens is 418 g/mol. The van der Waals surface area contributed by atoms with Crippen LogP contribution in [0.5, 0.6) is 0 Å². The van der Waals surface area contributed by atoms with Gasteiger partial charge in [-0.25, -0.2) is 4.79 Å². The van der Waals surface area contributed by atoms with E-state index < -0.39 is 11.6 Å². The van der Waals surface area contributed by atoms with Crippen LogP contribution in [0.4, 0.5) is 4.79 Å². The molecular formula is C23H30ClN3O4. The van der Waals surface area contributed by atoms with Crippen molar-refractivity contribution < 1.29 is 19.5 Å². The van der Waals surface area contributed by atoms with E-state index in [-0.39, 0.29) is 35.5 Å². The molecule has 31 heavy (non-hydrogen) atoms. The lowest BCUT2D eigenvalue weighted by molar-refractivity contribution is -0.142. The number of halogens is 1. The zero-order valence-corrected chi connectivity index (χ0v) is 18.8. The maximum absolute atomic E-state index is 13.9. The molecule has 8 heteroatoms. The fourth-order valence-corrected chi connectivity index (χ4v) is 5.34. The number of nitrogens with one attached hydrogen (secondary N) is 1. The zero-order chi connectivity index (χ0) is 22.4. The van der Waals surface area contributed by atoms with Crippen LogP contribution in [0.3, 0.4) is 0 Å². The monoisotopic (exact) mass is 447 g/mol. The molecule has 3 fully saturated rings. The first kappa shape index (κ1) is 22.1. The van der Waals surface area contributed by atoms with E-state index in [0.717, 1.165) is 18.4 Å². The minimum absolute atomic E-state index is 0.0490. The Morgan fingerprint density at radius 2 is 1.77 bits per heavy atom. The molecule has 2 N–H and O–H groups in total. The van der Waals surface area contributed by atoms with Crippen LogP contribution in [-0.4, -0.2) is 71.5 Å². The number of Topliss-reactive ketones (excluding diaryl/α,β-unsaturated/α-hetero) is 1. The van der Waals surface area contributed by atoms with Crippen LogP contribution in [0.2, 0.25) is 5.02 Å². The molecule has 1 aromatic rings. The summed E-state index contributed by atoms with van der Waals surface area (Å²) in [5.74, 6) is -0.430. The number of nitrogens with zero attached hydrogens (tertiary/aromatic N) is 2. The van der Waals surface area contributed by atoms with Crippen molar-refractivity contribution in [1.29, 1.82) is 0 Å². The maximum Gasteiger partial charge on any atom is 0.407 e. The Hall–Kier alpha value is -2.12. The number of amides is 2. The van der Waals surface area contributed by atoms with Crippen LogP contribution >= 0.6 is 11.6 Å². The van der Waals surface area contributed by atoms with E-state index in [2.05, 4.69) is 5.32 Å². The molecule has 0 bridgehead atoms. The van der Waals surface area contributed by atoms with Gasteiger partial charge in [-0.1, -0.05) is 30.7 Å². The van der Waals surface area contributed by atoms with Crippen molar-refractivity contribution in [3.05, 3.63) is 34.9 Å². The first-order chi connectivity index (χ1) is 14.7. The molecule has 1 aromatic carbocycles. The number of carboxylic acid groups (broad SMARTS) is 1. The van der Waals surface area contributed by atoms with Crippen LogP contribution in [0.25, 0.3) is 0 Å². The van der Waals surface area contributed by atoms with Crippen LogP contribution in [0.15, 0.2) is 24.3 Å². The standard InChI is InChI=1S/C23H30ClN3O4/c1-22(9-10-22)20(29)27-11-7-16(8-12-27)19(28)23(26(2)21(30)31)14-25-13-18(23)15-3-5-17(24)6-4-15/h3-6,16,18,25H,7-14H2,1-2H3,(H,30,31)/t18-,23+/m0/s1. The summed E-state index contributed by atoms with van der Waals surface area (Å²) < 4.78 is 0. The lowest BCUT2D eigenvalue weighted by atomic mass is 9.72. The summed E-state index contributed by atoms with van der Waals surface area (Å²) in [6, 6.07) is 7.28. The Kier molecular flexibility index (Phi) is 5.77. The molecule has 7 nitrogen and oxygen atoms in total. The van der Waals surface area contributed by atoms with E-state index in [0.29, 0.717) is 37.5 Å². The van der Waals surface area contributed by atoms with Crippen molar-refractivity contribution in [2.75, 3.05) is 33.2 Å². The van der Waals surface area contributed by atoms with E-state index >= 15 is 0 Å². The van der Waals surface area contributed by atoms with Gasteiger partial charge in [-0.15, -0.1) is 0 Å². The van der Waals surface area contributed by atoms with Crippen LogP contribution < -0.4 is 5.32 Å². The number of carbonyl (C=O) groups excluding carboxylic acids is 2. The van der Waals surface area contributed by atoms with Gasteiger partial charge in [0.1, 0.15) is 5.54 Å². The average molecular weight is 448 g/mol. The number of rotatable bonds is 5. The number of ketones is 1. The summed E-state index contributed by atoms with van der Waals surface area (Å²) in [7, 11) is 1.49. The number of hydrogen-bond acceptors (Lipinski definition) is 4. The summed E-state index contributed by atoms with van der Waals surface area (Å²) >= 11 is 6.04. The Labute approximate surface area is 187 Å². The van der Waals surface area contributed by atoms with Gasteiger partial charge in [-0.05, 0) is 43.4 Å². The molecule has 3 aliphatic rings. The van der Waals surface area contributed by atoms with Crippen LogP contribution in [0.1, 0.15) is 44.1 Å². The first-order valence-electron chi connectivity index (χ1n) is 11.0. The Morgan fingerprint density at radius 3 is 2.32 bits per heavy atom. The number of likely N-dealkylation sites (tertiary alicyclic amines) is 1. The van der Waals surface area contributed by atoms with Gasteiger partial charge in [0.05, 0.1) is 0 Å². The molecule has 2 saturated heterocycles. The number of benzene rings is 1. The Morgan fingerprint density at radius 1 is 1.16 bits per heavy atom. The second-order valence-corrected chi connectivity index (χ2v) is 9.93. The van der Waals surface area contributed by atoms with Crippen molar-refractivity contribution in [2.24, 2.45) is 11.3 Å². The highest BCUT2D eigenvalue weighted by atomic mass is 35.5. The van der Waals surface area contributed by atoms with Gasteiger partial charge in [-0.2, -0.15) is 0 Å². The van der Waals surface area contributed by atoms with E-state index in [4.69, 9.17) is 11.6 Å². The lowest BCUT2D eigenvalue weighted by Crippen LogP contribution is -2.62. The molecule has 0 aromatic heterocycles. The molecule has 2 heterocycles. The molecule has 1 saturated carbocycles. The van der Waals surface area contributed by atoms with E-state index in [1.807, 2.05) is 24.0 Å². The first-order valence-corrected chi connectivity index (χ1v) is 11.3. The highest BCUT2D eigenvalue weighted by molar-refractivity contribution is 6.30. The molecule has 0 unspecified atom stereocenters. The van der Waals surface area contributed by atoms with Gasteiger partial charge in [0.25, 0.3) is 0 Å². The van der Waals surface area contributed by atoms with Gasteiger partial charge < -0.3 is 15.3 Å². The van der Waals surface area contributed by atoms with Gasteiger partial charge in [0, 0.05) is 55.5 Å². The number of likely N-dealkylation sites (N-methyl/N-ethyl adjacent to an activating group) is 1. The molecule has 0 spiro atoms. The molecule has 2 atom stereocenters. The Balaban J connectivity index is 1.58. The van der Waals surface area contributed by atoms with Crippen LogP contribution in [-0.2, 0) is 9.59 Å². The third-order valence-electron chi connectivity index (χ3n) is 7.57. The van der Waals surface area contributed by atoms with Crippen molar-refractivity contribution in [1.82, 2.24) is 15.1 Å². The molecule has 0 radical (unpaired) electrons. The third kappa shape index (κ3) is 3.82. The third-order valence-corrected chi connectivity index (χ3v) is 7.83. The van der Waals surface area contributed by atoms with Crippen LogP contribution in [0, 0.1) is 11.3 Å². The number of hydrogen-bond donors (Lipinski definition) is 2. The highest BCUT2D eigenvalue weighted by Gasteiger charge is 2.56. The van der Waals surface area contributed by atoms with Crippen molar-refractivity contribution in [3.63, 3.8) is 0 Å². The summed E-state index contributed by atoms with van der Waals surface area (Å²) in [5, 5.41) is 13.7. The number of piperidine rings is 1. The molecule has 1 aliphatic carbocycles. The Bertz CT molecular complexity index is 877. The average Bonchev–Trinajstić information content (AvgIpc) is 3.37. The fourth-order valence-electron chi connectivity index (χ4n) is 5.22. The van der Waals surface area contributed by atoms with E-state index in [9.17, 15) is 19.5 Å². The minimum Gasteiger partial charge on any atom is -0.465 e. The SMILES string of the molecule is CN(C(=O)O)[C@]1(C(=O)C2CCN(C(=O)C3(C)CC3)CC2)CNC[C@H]1c1ccc(Cl)cc1. The van der Waals surface area contributed by atoms with E-state index in [1.54, 1.807) is 12.1 Å². The maximum atomic E-state index is 13.9. The van der Waals surface area contributed by atoms with Crippen molar-refractivity contribution in [2.45, 2.75) is 44.1 Å². The van der Waals surface area contributed by atoms with Gasteiger partial charge in [0.15, 0.2) is 5.78 Å². The van der Waals surface area contributed by atoms with Gasteiger partial charge in [-0.3, -0.25) is 14.5 Å². The van der Waals surface area contributed by atoms with Crippen molar-refractivity contribution in [3.8, 4) is 0 Å². The minimum atomic E-state index is -1.18. The largest absolute Gasteiger partial charge is 0.465 e. The zero-order valence-electron chi connectivity index (χ0n) is 18.1. The topological polar surface area (TPSA) is 90.0 Å². The number of carbonyl (C=O) groups is 3. The van der Waals surface area contributed by atoms with Crippen molar-refractivity contribution >= 4 is 29.4 Å². The fraction of sp³-hybridized carbons (Fsp3) is 0.609. The van der Waals surface area contributed by atoms with E-state index in [1.165, 1.54) is 11.9 Å². The quantitative estimate of drug-likeness (QED) is 0.724. The second kappa shape index (κ2) is 8.10. The second-order valence-electron chi connectivity index (χ2n) is 9.49. The summed E-state index contributed by atoms with van der Waals surface area (Å²) in [5.41, 5.74) is -0.500. The highest BCUT2D eigenvalue weighted by Crippen LogP contribution is 2.47. The summed E-state index contributed by atoms with van der Waals surface area (Å²) in [4.78, 5) is 41.7. The lowest BCUT2D eigenvalue weighted by Gasteiger charge is -2.43. The molecule has 2 aliphatic heterocycles.